The third-order valence-corrected chi connectivity index (χ3v) is 2.54. The zero-order valence-electron chi connectivity index (χ0n) is 11.5. The summed E-state index contributed by atoms with van der Waals surface area (Å²) >= 11 is 0. The van der Waals surface area contributed by atoms with E-state index in [1.165, 1.54) is 18.5 Å². The lowest BCUT2D eigenvalue weighted by Crippen LogP contribution is -2.33. The number of pyridine rings is 1. The van der Waals surface area contributed by atoms with Crippen LogP contribution in [0.1, 0.15) is 5.82 Å². The fourth-order valence-corrected chi connectivity index (χ4v) is 1.45. The number of aromatic nitrogens is 4. The van der Waals surface area contributed by atoms with Crippen molar-refractivity contribution >= 4 is 11.6 Å². The Bertz CT molecular complexity index is 633. The van der Waals surface area contributed by atoms with Crippen LogP contribution in [0.2, 0.25) is 0 Å². The highest BCUT2D eigenvalue weighted by molar-refractivity contribution is 5.91. The van der Waals surface area contributed by atoms with E-state index in [0.717, 1.165) is 6.20 Å². The summed E-state index contributed by atoms with van der Waals surface area (Å²) in [4.78, 5) is 19.1. The van der Waals surface area contributed by atoms with Crippen molar-refractivity contribution in [2.45, 2.75) is 18.8 Å². The van der Waals surface area contributed by atoms with E-state index in [9.17, 15) is 22.4 Å². The highest BCUT2D eigenvalue weighted by atomic mass is 19.3. The van der Waals surface area contributed by atoms with E-state index in [2.05, 4.69) is 30.2 Å². The number of amides is 1. The van der Waals surface area contributed by atoms with Gasteiger partial charge in [-0.05, 0) is 6.07 Å². The third kappa shape index (κ3) is 4.90. The van der Waals surface area contributed by atoms with Crippen LogP contribution in [-0.4, -0.2) is 45.0 Å². The largest absolute Gasteiger partial charge is 0.471 e. The summed E-state index contributed by atoms with van der Waals surface area (Å²) in [6, 6.07) is 2.51. The second-order valence-electron chi connectivity index (χ2n) is 4.39. The van der Waals surface area contributed by atoms with Gasteiger partial charge in [-0.1, -0.05) is 0 Å². The highest BCUT2D eigenvalue weighted by Gasteiger charge is 2.41. The number of carbonyl (C=O) groups excluding carboxylic acids is 1. The van der Waals surface area contributed by atoms with Crippen molar-refractivity contribution in [2.24, 2.45) is 0 Å². The molecule has 1 amide bonds. The Labute approximate surface area is 127 Å². The molecule has 0 atom stereocenters. The van der Waals surface area contributed by atoms with Crippen LogP contribution in [0.4, 0.5) is 23.2 Å². The maximum Gasteiger partial charge on any atom is 0.340 e. The Kier molecular flexibility index (Phi) is 5.09. The zero-order valence-corrected chi connectivity index (χ0v) is 11.5. The molecule has 0 spiro atoms. The fraction of sp³-hybridized carbons (Fsp3) is 0.333. The van der Waals surface area contributed by atoms with Crippen LogP contribution >= 0.6 is 0 Å². The van der Waals surface area contributed by atoms with Crippen molar-refractivity contribution in [3.8, 4) is 5.88 Å². The van der Waals surface area contributed by atoms with Gasteiger partial charge in [-0.25, -0.2) is 18.7 Å². The number of halogens is 4. The molecule has 0 fully saturated rings. The number of nitrogens with zero attached hydrogens (tertiary/aromatic N) is 3. The van der Waals surface area contributed by atoms with Crippen molar-refractivity contribution in [1.82, 2.24) is 20.2 Å². The first-order valence-electron chi connectivity index (χ1n) is 6.26. The van der Waals surface area contributed by atoms with Crippen LogP contribution in [0, 0.1) is 0 Å². The van der Waals surface area contributed by atoms with Gasteiger partial charge in [-0.2, -0.15) is 13.9 Å². The Balaban J connectivity index is 1.86. The minimum atomic E-state index is -4.26. The number of ether oxygens (including phenoxy) is 1. The van der Waals surface area contributed by atoms with Gasteiger partial charge in [-0.3, -0.25) is 9.89 Å². The minimum Gasteiger partial charge on any atom is -0.471 e. The standard InChI is InChI=1S/C12H11F4N5O2/c13-11(14)12(15,16)5-23-10-2-1-7(4-17-10)20-9(22)3-8-18-6-19-21-8/h1-2,4,6,11H,3,5H2,(H,20,22)(H,18,19,21). The summed E-state index contributed by atoms with van der Waals surface area (Å²) in [6.07, 6.45) is -1.46. The molecule has 0 radical (unpaired) electrons. The molecule has 0 saturated carbocycles. The van der Waals surface area contributed by atoms with Crippen LogP contribution in [0.15, 0.2) is 24.7 Å². The molecule has 11 heteroatoms. The number of aromatic amines is 1. The lowest BCUT2D eigenvalue weighted by atomic mass is 10.3. The second kappa shape index (κ2) is 7.03. The van der Waals surface area contributed by atoms with Crippen molar-refractivity contribution in [2.75, 3.05) is 11.9 Å². The first kappa shape index (κ1) is 16.6. The molecule has 2 N–H and O–H groups in total. The highest BCUT2D eigenvalue weighted by Crippen LogP contribution is 2.24. The molecule has 2 aromatic heterocycles. The lowest BCUT2D eigenvalue weighted by Gasteiger charge is -2.15. The smallest absolute Gasteiger partial charge is 0.340 e. The van der Waals surface area contributed by atoms with Gasteiger partial charge in [-0.15, -0.1) is 0 Å². The average molecular weight is 333 g/mol. The maximum atomic E-state index is 12.7. The first-order valence-corrected chi connectivity index (χ1v) is 6.26. The molecule has 0 aromatic carbocycles. The summed E-state index contributed by atoms with van der Waals surface area (Å²) in [5.41, 5.74) is 0.280. The zero-order chi connectivity index (χ0) is 16.9. The molecule has 23 heavy (non-hydrogen) atoms. The normalized spacial score (nSPS) is 11.5. The van der Waals surface area contributed by atoms with E-state index < -0.39 is 24.9 Å². The van der Waals surface area contributed by atoms with Crippen LogP contribution in [-0.2, 0) is 11.2 Å². The minimum absolute atomic E-state index is 0.0428. The molecule has 7 nitrogen and oxygen atoms in total. The number of H-pyrrole nitrogens is 1. The van der Waals surface area contributed by atoms with Gasteiger partial charge < -0.3 is 10.1 Å². The first-order chi connectivity index (χ1) is 10.9. The number of hydrogen-bond acceptors (Lipinski definition) is 5. The van der Waals surface area contributed by atoms with Gasteiger partial charge in [0.1, 0.15) is 12.2 Å². The van der Waals surface area contributed by atoms with Crippen LogP contribution in [0.3, 0.4) is 0 Å². The van der Waals surface area contributed by atoms with Crippen molar-refractivity contribution in [3.63, 3.8) is 0 Å². The molecule has 0 saturated heterocycles. The molecule has 2 heterocycles. The monoisotopic (exact) mass is 333 g/mol. The Morgan fingerprint density at radius 3 is 2.70 bits per heavy atom. The molecular weight excluding hydrogens is 322 g/mol. The predicted octanol–water partition coefficient (Wildman–Crippen LogP) is 1.66. The van der Waals surface area contributed by atoms with Gasteiger partial charge in [0, 0.05) is 6.07 Å². The Hall–Kier alpha value is -2.72. The Morgan fingerprint density at radius 1 is 1.35 bits per heavy atom. The van der Waals surface area contributed by atoms with E-state index in [0.29, 0.717) is 5.82 Å². The number of carbonyl (C=O) groups is 1. The van der Waals surface area contributed by atoms with E-state index >= 15 is 0 Å². The van der Waals surface area contributed by atoms with Gasteiger partial charge in [0.2, 0.25) is 11.8 Å². The summed E-state index contributed by atoms with van der Waals surface area (Å²) in [5.74, 6) is -4.56. The Morgan fingerprint density at radius 2 is 2.13 bits per heavy atom. The van der Waals surface area contributed by atoms with Crippen molar-refractivity contribution < 1.29 is 27.1 Å². The molecule has 0 unspecified atom stereocenters. The van der Waals surface area contributed by atoms with Gasteiger partial charge in [0.25, 0.3) is 0 Å². The molecule has 124 valence electrons. The number of rotatable bonds is 7. The molecule has 0 aliphatic heterocycles. The maximum absolute atomic E-state index is 12.7. The van der Waals surface area contributed by atoms with E-state index in [1.54, 1.807) is 0 Å². The summed E-state index contributed by atoms with van der Waals surface area (Å²) in [7, 11) is 0. The average Bonchev–Trinajstić information content (AvgIpc) is 2.99. The SMILES string of the molecule is O=C(Cc1ncn[nH]1)Nc1ccc(OCC(F)(F)C(F)F)nc1. The second-order valence-corrected chi connectivity index (χ2v) is 4.39. The number of nitrogens with one attached hydrogen (secondary N) is 2. The number of anilines is 1. The lowest BCUT2D eigenvalue weighted by molar-refractivity contribution is -0.148. The molecule has 2 rings (SSSR count). The van der Waals surface area contributed by atoms with Crippen LogP contribution in [0.5, 0.6) is 5.88 Å². The summed E-state index contributed by atoms with van der Waals surface area (Å²) in [6.45, 7) is -1.49. The summed E-state index contributed by atoms with van der Waals surface area (Å²) < 4.78 is 53.8. The quantitative estimate of drug-likeness (QED) is 0.752. The van der Waals surface area contributed by atoms with E-state index in [1.807, 2.05) is 0 Å². The number of hydrogen-bond donors (Lipinski definition) is 2. The van der Waals surface area contributed by atoms with E-state index in [-0.39, 0.29) is 18.0 Å². The third-order valence-electron chi connectivity index (χ3n) is 2.54. The van der Waals surface area contributed by atoms with Crippen molar-refractivity contribution in [3.05, 3.63) is 30.5 Å². The van der Waals surface area contributed by atoms with Crippen molar-refractivity contribution in [1.29, 1.82) is 0 Å². The molecule has 0 aliphatic carbocycles. The molecule has 0 aliphatic rings. The molecule has 0 bridgehead atoms. The van der Waals surface area contributed by atoms with Gasteiger partial charge in [0.05, 0.1) is 18.3 Å². The summed E-state index contributed by atoms with van der Waals surface area (Å²) in [5, 5.41) is 8.58. The van der Waals surface area contributed by atoms with Gasteiger partial charge >= 0.3 is 12.3 Å². The van der Waals surface area contributed by atoms with Crippen LogP contribution < -0.4 is 10.1 Å². The molecular formula is C12H11F4N5O2. The van der Waals surface area contributed by atoms with E-state index in [4.69, 9.17) is 0 Å². The van der Waals surface area contributed by atoms with Crippen LogP contribution in [0.25, 0.3) is 0 Å². The fourth-order valence-electron chi connectivity index (χ4n) is 1.45. The number of alkyl halides is 4. The van der Waals surface area contributed by atoms with Gasteiger partial charge in [0.15, 0.2) is 6.61 Å². The predicted molar refractivity (Wildman–Crippen MR) is 69.4 cm³/mol. The topological polar surface area (TPSA) is 92.8 Å². The molecule has 2 aromatic rings.